The Labute approximate surface area is 139 Å². The van der Waals surface area contributed by atoms with Crippen LogP contribution in [0.5, 0.6) is 0 Å². The van der Waals surface area contributed by atoms with E-state index in [4.69, 9.17) is 4.42 Å². The Morgan fingerprint density at radius 2 is 1.91 bits per heavy atom. The molecule has 0 aliphatic rings. The topological polar surface area (TPSA) is 55.1 Å². The lowest BCUT2D eigenvalue weighted by molar-refractivity contribution is 0.0913. The summed E-state index contributed by atoms with van der Waals surface area (Å²) in [5, 5.41) is 4.92. The van der Waals surface area contributed by atoms with Crippen molar-refractivity contribution in [2.75, 3.05) is 0 Å². The predicted octanol–water partition coefficient (Wildman–Crippen LogP) is 4.61. The maximum Gasteiger partial charge on any atom is 0.287 e. The van der Waals surface area contributed by atoms with Gasteiger partial charge in [-0.3, -0.25) is 4.79 Å². The van der Waals surface area contributed by atoms with Crippen LogP contribution in [-0.4, -0.2) is 10.9 Å². The van der Waals surface area contributed by atoms with Crippen molar-refractivity contribution in [1.82, 2.24) is 10.3 Å². The molecule has 0 radical (unpaired) electrons. The minimum atomic E-state index is -0.196. The molecular formula is C18H20N2O2S. The molecule has 1 amide bonds. The maximum absolute atomic E-state index is 12.6. The monoisotopic (exact) mass is 328 g/mol. The smallest absolute Gasteiger partial charge is 0.287 e. The van der Waals surface area contributed by atoms with Gasteiger partial charge in [0.15, 0.2) is 5.76 Å². The number of nitrogens with one attached hydrogen (secondary N) is 1. The van der Waals surface area contributed by atoms with E-state index in [-0.39, 0.29) is 11.9 Å². The van der Waals surface area contributed by atoms with Gasteiger partial charge in [-0.15, -0.1) is 11.3 Å². The summed E-state index contributed by atoms with van der Waals surface area (Å²) in [6.45, 7) is 9.90. The van der Waals surface area contributed by atoms with Crippen molar-refractivity contribution in [2.45, 2.75) is 40.7 Å². The van der Waals surface area contributed by atoms with Gasteiger partial charge in [-0.2, -0.15) is 0 Å². The van der Waals surface area contributed by atoms with Crippen molar-refractivity contribution in [2.24, 2.45) is 0 Å². The van der Waals surface area contributed by atoms with Crippen LogP contribution in [0.1, 0.15) is 50.1 Å². The van der Waals surface area contributed by atoms with Gasteiger partial charge in [0.2, 0.25) is 0 Å². The number of hydrogen-bond acceptors (Lipinski definition) is 4. The number of aromatic nitrogens is 1. The van der Waals surface area contributed by atoms with Crippen LogP contribution in [0.25, 0.3) is 11.0 Å². The van der Waals surface area contributed by atoms with Crippen LogP contribution < -0.4 is 5.32 Å². The standard InChI is InChI=1S/C18H20N2O2S/c1-9-6-7-10(2)15-14(9)12(4)16(22-15)17(21)20-13(5)18-19-8-11(3)23-18/h6-8,13H,1-5H3,(H,20,21). The van der Waals surface area contributed by atoms with Gasteiger partial charge in [0.05, 0.1) is 6.04 Å². The molecule has 0 spiro atoms. The van der Waals surface area contributed by atoms with Gasteiger partial charge in [0.25, 0.3) is 5.91 Å². The van der Waals surface area contributed by atoms with Crippen molar-refractivity contribution in [1.29, 1.82) is 0 Å². The van der Waals surface area contributed by atoms with Gasteiger partial charge < -0.3 is 9.73 Å². The minimum Gasteiger partial charge on any atom is -0.450 e. The molecule has 1 unspecified atom stereocenters. The highest BCUT2D eigenvalue weighted by Gasteiger charge is 2.22. The SMILES string of the molecule is Cc1cnc(C(C)NC(=O)c2oc3c(C)ccc(C)c3c2C)s1. The molecule has 0 saturated carbocycles. The van der Waals surface area contributed by atoms with E-state index < -0.39 is 0 Å². The molecule has 120 valence electrons. The molecule has 4 nitrogen and oxygen atoms in total. The number of rotatable bonds is 3. The molecule has 0 aliphatic heterocycles. The number of carbonyl (C=O) groups excluding carboxylic acids is 1. The molecule has 3 aromatic rings. The lowest BCUT2D eigenvalue weighted by atomic mass is 10.0. The molecule has 1 atom stereocenters. The van der Waals surface area contributed by atoms with E-state index in [1.165, 1.54) is 0 Å². The van der Waals surface area contributed by atoms with Gasteiger partial charge in [0.1, 0.15) is 10.6 Å². The number of hydrogen-bond donors (Lipinski definition) is 1. The highest BCUT2D eigenvalue weighted by Crippen LogP contribution is 2.31. The third kappa shape index (κ3) is 2.77. The van der Waals surface area contributed by atoms with Crippen molar-refractivity contribution >= 4 is 28.2 Å². The van der Waals surface area contributed by atoms with E-state index >= 15 is 0 Å². The zero-order valence-electron chi connectivity index (χ0n) is 14.0. The van der Waals surface area contributed by atoms with E-state index in [0.717, 1.165) is 37.5 Å². The van der Waals surface area contributed by atoms with Gasteiger partial charge in [0, 0.05) is 22.0 Å². The maximum atomic E-state index is 12.6. The lowest BCUT2D eigenvalue weighted by Gasteiger charge is -2.10. The molecule has 0 fully saturated rings. The summed E-state index contributed by atoms with van der Waals surface area (Å²) in [7, 11) is 0. The third-order valence-corrected chi connectivity index (χ3v) is 5.14. The highest BCUT2D eigenvalue weighted by atomic mass is 32.1. The molecule has 0 bridgehead atoms. The summed E-state index contributed by atoms with van der Waals surface area (Å²) in [5.41, 5.74) is 3.84. The third-order valence-electron chi connectivity index (χ3n) is 4.05. The first kappa shape index (κ1) is 15.7. The molecule has 1 aromatic carbocycles. The minimum absolute atomic E-state index is 0.143. The van der Waals surface area contributed by atoms with Crippen LogP contribution in [0.4, 0.5) is 0 Å². The van der Waals surface area contributed by atoms with Crippen LogP contribution >= 0.6 is 11.3 Å². The molecule has 2 aromatic heterocycles. The number of benzene rings is 1. The van der Waals surface area contributed by atoms with Crippen LogP contribution in [-0.2, 0) is 0 Å². The molecule has 0 saturated heterocycles. The summed E-state index contributed by atoms with van der Waals surface area (Å²) in [6.07, 6.45) is 1.82. The fourth-order valence-electron chi connectivity index (χ4n) is 2.79. The summed E-state index contributed by atoms with van der Waals surface area (Å²) in [6, 6.07) is 3.93. The van der Waals surface area contributed by atoms with E-state index in [9.17, 15) is 4.79 Å². The first-order valence-corrected chi connectivity index (χ1v) is 8.42. The second-order valence-electron chi connectivity index (χ2n) is 5.96. The lowest BCUT2D eigenvalue weighted by Crippen LogP contribution is -2.26. The van der Waals surface area contributed by atoms with Crippen molar-refractivity contribution in [3.63, 3.8) is 0 Å². The zero-order chi connectivity index (χ0) is 16.7. The van der Waals surface area contributed by atoms with E-state index in [0.29, 0.717) is 5.76 Å². The summed E-state index contributed by atoms with van der Waals surface area (Å²) >= 11 is 1.59. The van der Waals surface area contributed by atoms with Crippen molar-refractivity contribution in [3.05, 3.63) is 50.7 Å². The highest BCUT2D eigenvalue weighted by molar-refractivity contribution is 7.11. The number of nitrogens with zero attached hydrogens (tertiary/aromatic N) is 1. The van der Waals surface area contributed by atoms with E-state index in [2.05, 4.69) is 16.4 Å². The Hall–Kier alpha value is -2.14. The molecule has 1 N–H and O–H groups in total. The summed E-state index contributed by atoms with van der Waals surface area (Å²) in [4.78, 5) is 18.1. The average molecular weight is 328 g/mol. The fraction of sp³-hybridized carbons (Fsp3) is 0.333. The molecule has 23 heavy (non-hydrogen) atoms. The van der Waals surface area contributed by atoms with Crippen molar-refractivity contribution in [3.8, 4) is 0 Å². The number of furan rings is 1. The Balaban J connectivity index is 1.94. The van der Waals surface area contributed by atoms with Gasteiger partial charge in [-0.1, -0.05) is 12.1 Å². The van der Waals surface area contributed by atoms with Gasteiger partial charge in [-0.05, 0) is 45.7 Å². The Kier molecular flexibility index (Phi) is 3.98. The Morgan fingerprint density at radius 3 is 2.52 bits per heavy atom. The number of amides is 1. The van der Waals surface area contributed by atoms with E-state index in [1.807, 2.05) is 46.9 Å². The largest absolute Gasteiger partial charge is 0.450 e. The number of fused-ring (bicyclic) bond motifs is 1. The Morgan fingerprint density at radius 1 is 1.22 bits per heavy atom. The Bertz CT molecular complexity index is 892. The van der Waals surface area contributed by atoms with Crippen LogP contribution in [0.3, 0.4) is 0 Å². The zero-order valence-corrected chi connectivity index (χ0v) is 14.8. The summed E-state index contributed by atoms with van der Waals surface area (Å²) in [5.74, 6) is 0.190. The number of carbonyl (C=O) groups is 1. The van der Waals surface area contributed by atoms with E-state index in [1.54, 1.807) is 11.3 Å². The van der Waals surface area contributed by atoms with Crippen LogP contribution in [0.15, 0.2) is 22.7 Å². The van der Waals surface area contributed by atoms with Crippen molar-refractivity contribution < 1.29 is 9.21 Å². The van der Waals surface area contributed by atoms with Crippen LogP contribution in [0, 0.1) is 27.7 Å². The predicted molar refractivity (Wildman–Crippen MR) is 93.2 cm³/mol. The second-order valence-corrected chi connectivity index (χ2v) is 7.23. The fourth-order valence-corrected chi connectivity index (χ4v) is 3.56. The first-order chi connectivity index (χ1) is 10.9. The average Bonchev–Trinajstić information content (AvgIpc) is 3.08. The molecular weight excluding hydrogens is 308 g/mol. The molecule has 0 aliphatic carbocycles. The molecule has 3 rings (SSSR count). The van der Waals surface area contributed by atoms with Crippen LogP contribution in [0.2, 0.25) is 0 Å². The molecule has 5 heteroatoms. The molecule has 2 heterocycles. The second kappa shape index (κ2) is 5.81. The normalized spacial score (nSPS) is 12.6. The van der Waals surface area contributed by atoms with Gasteiger partial charge >= 0.3 is 0 Å². The number of thiazole rings is 1. The van der Waals surface area contributed by atoms with Gasteiger partial charge in [-0.25, -0.2) is 4.98 Å². The summed E-state index contributed by atoms with van der Waals surface area (Å²) < 4.78 is 5.89. The first-order valence-electron chi connectivity index (χ1n) is 7.61. The quantitative estimate of drug-likeness (QED) is 0.763. The number of aryl methyl sites for hydroxylation is 4.